The Labute approximate surface area is 197 Å². The first-order valence-corrected chi connectivity index (χ1v) is 11.7. The van der Waals surface area contributed by atoms with E-state index < -0.39 is 0 Å². The minimum atomic E-state index is -0.326. The van der Waals surface area contributed by atoms with Gasteiger partial charge in [0.25, 0.3) is 11.8 Å². The number of thioether (sulfide) groups is 1. The maximum Gasteiger partial charge on any atom is 0.265 e. The average molecular weight is 461 g/mol. The molecule has 168 valence electrons. The Morgan fingerprint density at radius 1 is 1.09 bits per heavy atom. The molecule has 2 amide bonds. The number of carbonyl (C=O) groups is 2. The fourth-order valence-corrected chi connectivity index (χ4v) is 4.53. The third kappa shape index (κ3) is 5.34. The standard InChI is InChI=1S/C27H25FN2O2S/c1-3-18(2)29-26(31)21-11-14-24-23(16-21)30(17-20-9-12-22(28)13-10-20)27(32)25(33-24)15-19-7-5-4-6-8-19/h4-16,18H,3,17H2,1-2H3,(H,29,31)/b25-15-/t18-/m1/s1. The average Bonchev–Trinajstić information content (AvgIpc) is 2.83. The van der Waals surface area contributed by atoms with Gasteiger partial charge in [-0.25, -0.2) is 4.39 Å². The summed E-state index contributed by atoms with van der Waals surface area (Å²) in [6.07, 6.45) is 2.70. The van der Waals surface area contributed by atoms with Gasteiger partial charge in [0.1, 0.15) is 5.82 Å². The summed E-state index contributed by atoms with van der Waals surface area (Å²) >= 11 is 1.39. The van der Waals surface area contributed by atoms with E-state index in [0.29, 0.717) is 16.2 Å². The zero-order valence-electron chi connectivity index (χ0n) is 18.5. The molecule has 0 saturated carbocycles. The summed E-state index contributed by atoms with van der Waals surface area (Å²) in [6.45, 7) is 4.24. The number of nitrogens with one attached hydrogen (secondary N) is 1. The molecule has 0 fully saturated rings. The number of carbonyl (C=O) groups excluding carboxylic acids is 2. The van der Waals surface area contributed by atoms with Gasteiger partial charge in [0.2, 0.25) is 0 Å². The molecule has 0 bridgehead atoms. The number of hydrogen-bond acceptors (Lipinski definition) is 3. The van der Waals surface area contributed by atoms with Crippen molar-refractivity contribution in [3.8, 4) is 0 Å². The first-order chi connectivity index (χ1) is 15.9. The monoisotopic (exact) mass is 460 g/mol. The Kier molecular flexibility index (Phi) is 6.94. The quantitative estimate of drug-likeness (QED) is 0.457. The van der Waals surface area contributed by atoms with Crippen LogP contribution in [0, 0.1) is 5.82 Å². The maximum absolute atomic E-state index is 13.5. The Bertz CT molecular complexity index is 1190. The fraction of sp³-hybridized carbons (Fsp3) is 0.185. The highest BCUT2D eigenvalue weighted by atomic mass is 32.2. The molecule has 3 aromatic carbocycles. The van der Waals surface area contributed by atoms with Crippen LogP contribution in [-0.2, 0) is 11.3 Å². The lowest BCUT2D eigenvalue weighted by Gasteiger charge is -2.31. The lowest BCUT2D eigenvalue weighted by Crippen LogP contribution is -2.35. The molecule has 1 atom stereocenters. The SMILES string of the molecule is CC[C@@H](C)NC(=O)c1ccc2c(c1)N(Cc1ccc(F)cc1)C(=O)/C(=C/c1ccccc1)S2. The molecule has 4 rings (SSSR count). The predicted molar refractivity (Wildman–Crippen MR) is 132 cm³/mol. The van der Waals surface area contributed by atoms with Crippen LogP contribution in [0.3, 0.4) is 0 Å². The van der Waals surface area contributed by atoms with E-state index in [1.807, 2.05) is 56.3 Å². The van der Waals surface area contributed by atoms with Gasteiger partial charge < -0.3 is 10.2 Å². The van der Waals surface area contributed by atoms with Gasteiger partial charge in [0.15, 0.2) is 0 Å². The topological polar surface area (TPSA) is 49.4 Å². The number of anilines is 1. The normalized spacial score (nSPS) is 15.3. The van der Waals surface area contributed by atoms with E-state index in [-0.39, 0.29) is 30.2 Å². The molecule has 0 spiro atoms. The fourth-order valence-electron chi connectivity index (χ4n) is 3.49. The highest BCUT2D eigenvalue weighted by molar-refractivity contribution is 8.04. The van der Waals surface area contributed by atoms with Crippen molar-refractivity contribution >= 4 is 35.3 Å². The van der Waals surface area contributed by atoms with Gasteiger partial charge in [0.05, 0.1) is 17.1 Å². The van der Waals surface area contributed by atoms with Crippen molar-refractivity contribution in [2.45, 2.75) is 37.8 Å². The predicted octanol–water partition coefficient (Wildman–Crippen LogP) is 6.03. The Hall–Kier alpha value is -3.38. The van der Waals surface area contributed by atoms with E-state index >= 15 is 0 Å². The summed E-state index contributed by atoms with van der Waals surface area (Å²) in [4.78, 5) is 29.4. The molecule has 1 N–H and O–H groups in total. The molecule has 1 aliphatic heterocycles. The summed E-state index contributed by atoms with van der Waals surface area (Å²) in [5.41, 5.74) is 2.91. The molecule has 3 aromatic rings. The molecule has 0 unspecified atom stereocenters. The van der Waals surface area contributed by atoms with Crippen molar-refractivity contribution in [3.63, 3.8) is 0 Å². The highest BCUT2D eigenvalue weighted by Gasteiger charge is 2.30. The van der Waals surface area contributed by atoms with E-state index in [0.717, 1.165) is 22.4 Å². The van der Waals surface area contributed by atoms with E-state index in [2.05, 4.69) is 5.32 Å². The zero-order chi connectivity index (χ0) is 23.4. The van der Waals surface area contributed by atoms with Gasteiger partial charge in [-0.15, -0.1) is 0 Å². The van der Waals surface area contributed by atoms with E-state index in [9.17, 15) is 14.0 Å². The molecule has 0 aromatic heterocycles. The van der Waals surface area contributed by atoms with Gasteiger partial charge in [-0.2, -0.15) is 0 Å². The van der Waals surface area contributed by atoms with Crippen molar-refractivity contribution in [3.05, 3.63) is 100 Å². The number of hydrogen-bond donors (Lipinski definition) is 1. The second kappa shape index (κ2) is 10.0. The summed E-state index contributed by atoms with van der Waals surface area (Å²) in [6, 6.07) is 21.3. The van der Waals surface area contributed by atoms with Crippen LogP contribution in [0.5, 0.6) is 0 Å². The van der Waals surface area contributed by atoms with Crippen molar-refractivity contribution in [1.82, 2.24) is 5.32 Å². The smallest absolute Gasteiger partial charge is 0.265 e. The lowest BCUT2D eigenvalue weighted by atomic mass is 10.1. The van der Waals surface area contributed by atoms with Crippen molar-refractivity contribution in [2.24, 2.45) is 0 Å². The summed E-state index contributed by atoms with van der Waals surface area (Å²) in [5.74, 6) is -0.648. The second-order valence-corrected chi connectivity index (χ2v) is 9.09. The van der Waals surface area contributed by atoms with Crippen molar-refractivity contribution < 1.29 is 14.0 Å². The maximum atomic E-state index is 13.5. The minimum Gasteiger partial charge on any atom is -0.350 e. The van der Waals surface area contributed by atoms with Crippen LogP contribution >= 0.6 is 11.8 Å². The molecule has 6 heteroatoms. The van der Waals surface area contributed by atoms with E-state index in [1.54, 1.807) is 29.2 Å². The highest BCUT2D eigenvalue weighted by Crippen LogP contribution is 2.43. The van der Waals surface area contributed by atoms with Crippen LogP contribution in [0.4, 0.5) is 10.1 Å². The molecular formula is C27H25FN2O2S. The van der Waals surface area contributed by atoms with E-state index in [1.165, 1.54) is 23.9 Å². The first-order valence-electron chi connectivity index (χ1n) is 10.9. The number of halogens is 1. The van der Waals surface area contributed by atoms with Crippen LogP contribution < -0.4 is 10.2 Å². The van der Waals surface area contributed by atoms with Crippen LogP contribution in [-0.4, -0.2) is 17.9 Å². The Morgan fingerprint density at radius 3 is 2.52 bits per heavy atom. The summed E-state index contributed by atoms with van der Waals surface area (Å²) < 4.78 is 13.4. The van der Waals surface area contributed by atoms with Gasteiger partial charge in [0, 0.05) is 16.5 Å². The molecule has 33 heavy (non-hydrogen) atoms. The van der Waals surface area contributed by atoms with Gasteiger partial charge in [-0.3, -0.25) is 9.59 Å². The van der Waals surface area contributed by atoms with Gasteiger partial charge >= 0.3 is 0 Å². The number of benzene rings is 3. The summed E-state index contributed by atoms with van der Waals surface area (Å²) in [7, 11) is 0. The van der Waals surface area contributed by atoms with Crippen molar-refractivity contribution in [2.75, 3.05) is 4.90 Å². The molecule has 0 radical (unpaired) electrons. The molecule has 4 nitrogen and oxygen atoms in total. The Morgan fingerprint density at radius 2 is 1.82 bits per heavy atom. The molecule has 1 heterocycles. The second-order valence-electron chi connectivity index (χ2n) is 8.00. The Balaban J connectivity index is 1.73. The third-order valence-corrected chi connectivity index (χ3v) is 6.61. The molecule has 0 saturated heterocycles. The van der Waals surface area contributed by atoms with Crippen LogP contribution in [0.2, 0.25) is 0 Å². The molecule has 0 aliphatic carbocycles. The third-order valence-electron chi connectivity index (χ3n) is 5.53. The van der Waals surface area contributed by atoms with Crippen LogP contribution in [0.1, 0.15) is 41.8 Å². The van der Waals surface area contributed by atoms with Crippen LogP contribution in [0.15, 0.2) is 82.6 Å². The largest absolute Gasteiger partial charge is 0.350 e. The number of amides is 2. The van der Waals surface area contributed by atoms with Crippen molar-refractivity contribution in [1.29, 1.82) is 0 Å². The summed E-state index contributed by atoms with van der Waals surface area (Å²) in [5, 5.41) is 2.97. The molecular weight excluding hydrogens is 435 g/mol. The number of nitrogens with zero attached hydrogens (tertiary/aromatic N) is 1. The molecule has 1 aliphatic rings. The number of fused-ring (bicyclic) bond motifs is 1. The lowest BCUT2D eigenvalue weighted by molar-refractivity contribution is -0.114. The first kappa shape index (κ1) is 22.8. The minimum absolute atomic E-state index is 0.0558. The van der Waals surface area contributed by atoms with Crippen LogP contribution in [0.25, 0.3) is 6.08 Å². The zero-order valence-corrected chi connectivity index (χ0v) is 19.4. The number of rotatable bonds is 6. The van der Waals surface area contributed by atoms with Gasteiger partial charge in [-0.1, -0.05) is 61.2 Å². The van der Waals surface area contributed by atoms with E-state index in [4.69, 9.17) is 0 Å². The van der Waals surface area contributed by atoms with Gasteiger partial charge in [-0.05, 0) is 60.9 Å².